The Morgan fingerprint density at radius 3 is 2.79 bits per heavy atom. The van der Waals surface area contributed by atoms with Crippen molar-refractivity contribution >= 4 is 22.6 Å². The van der Waals surface area contributed by atoms with Crippen LogP contribution in [0.1, 0.15) is 41.4 Å². The fraction of sp³-hybridized carbons (Fsp3) is 0.333. The molecule has 2 aromatic carbocycles. The number of ether oxygens (including phenoxy) is 1. The van der Waals surface area contributed by atoms with E-state index in [0.29, 0.717) is 42.8 Å². The molecule has 0 radical (unpaired) electrons. The summed E-state index contributed by atoms with van der Waals surface area (Å²) < 4.78 is 20.0. The number of hydrogen-bond acceptors (Lipinski definition) is 6. The van der Waals surface area contributed by atoms with Crippen LogP contribution in [0.4, 0.5) is 4.39 Å². The third kappa shape index (κ3) is 5.68. The fourth-order valence-corrected chi connectivity index (χ4v) is 5.39. The van der Waals surface area contributed by atoms with E-state index >= 15 is 0 Å². The van der Waals surface area contributed by atoms with Gasteiger partial charge in [-0.05, 0) is 55.8 Å². The third-order valence-corrected chi connectivity index (χ3v) is 7.34. The van der Waals surface area contributed by atoms with Gasteiger partial charge in [0.25, 0.3) is 5.91 Å². The molecule has 2 aromatic heterocycles. The zero-order chi connectivity index (χ0) is 27.5. The predicted octanol–water partition coefficient (Wildman–Crippen LogP) is 4.68. The highest BCUT2D eigenvalue weighted by molar-refractivity contribution is 6.01. The summed E-state index contributed by atoms with van der Waals surface area (Å²) in [5.74, 6) is -0.227. The van der Waals surface area contributed by atoms with E-state index in [2.05, 4.69) is 20.5 Å². The molecular weight excluding hydrogens is 497 g/mol. The highest BCUT2D eigenvalue weighted by Gasteiger charge is 2.32. The van der Waals surface area contributed by atoms with Gasteiger partial charge in [-0.2, -0.15) is 5.10 Å². The maximum atomic E-state index is 14.7. The number of nitrogens with zero attached hydrogens (tertiary/aromatic N) is 3. The number of pyridine rings is 1. The first-order valence-corrected chi connectivity index (χ1v) is 13.1. The number of H-pyrrole nitrogens is 1. The number of halogens is 1. The highest BCUT2D eigenvalue weighted by atomic mass is 19.1. The highest BCUT2D eigenvalue weighted by Crippen LogP contribution is 2.29. The molecule has 4 aromatic rings. The van der Waals surface area contributed by atoms with Crippen molar-refractivity contribution in [3.63, 3.8) is 0 Å². The Morgan fingerprint density at radius 2 is 2.03 bits per heavy atom. The van der Waals surface area contributed by atoms with Crippen LogP contribution in [0.15, 0.2) is 54.7 Å². The molecule has 9 heteroatoms. The van der Waals surface area contributed by atoms with Gasteiger partial charge in [0.2, 0.25) is 0 Å². The molecule has 0 bridgehead atoms. The molecule has 202 valence electrons. The second kappa shape index (κ2) is 11.3. The molecule has 1 aliphatic heterocycles. The zero-order valence-corrected chi connectivity index (χ0v) is 22.3. The van der Waals surface area contributed by atoms with E-state index in [1.54, 1.807) is 24.4 Å². The van der Waals surface area contributed by atoms with Crippen LogP contribution in [0.25, 0.3) is 22.2 Å². The number of fused-ring (bicyclic) bond motifs is 1. The number of aromatic nitrogens is 3. The number of aryl methyl sites for hydroxylation is 1. The first-order chi connectivity index (χ1) is 18.9. The maximum Gasteiger partial charge on any atom is 0.251 e. The summed E-state index contributed by atoms with van der Waals surface area (Å²) in [4.78, 5) is 32.4. The number of piperidine rings is 1. The number of carbonyl (C=O) groups is 2. The molecule has 0 aliphatic carbocycles. The molecule has 39 heavy (non-hydrogen) atoms. The molecule has 0 saturated carbocycles. The summed E-state index contributed by atoms with van der Waals surface area (Å²) in [6.07, 6.45) is 2.69. The standard InChI is InChI=1S/C30H32FN5O3/c1-4-27(37)21-13-22(16-36(15-21)17-24-25(31)6-5-7-28(24)39-3)33-30(38)20-8-9-26-23(14-20)29(35-34-26)19-10-11-32-18(2)12-19/h5-12,14,21-22H,4,13,15-17H2,1-3H3,(H,33,38)(H,34,35). The van der Waals surface area contributed by atoms with Crippen LogP contribution in [0.2, 0.25) is 0 Å². The van der Waals surface area contributed by atoms with E-state index in [9.17, 15) is 14.0 Å². The minimum Gasteiger partial charge on any atom is -0.496 e. The van der Waals surface area contributed by atoms with Gasteiger partial charge in [0.1, 0.15) is 23.0 Å². The van der Waals surface area contributed by atoms with E-state index in [1.165, 1.54) is 13.2 Å². The quantitative estimate of drug-likeness (QED) is 0.344. The lowest BCUT2D eigenvalue weighted by Crippen LogP contribution is -2.52. The number of likely N-dealkylation sites (tertiary alicyclic amines) is 1. The monoisotopic (exact) mass is 529 g/mol. The first kappa shape index (κ1) is 26.5. The number of amides is 1. The van der Waals surface area contributed by atoms with Crippen molar-refractivity contribution in [2.24, 2.45) is 5.92 Å². The lowest BCUT2D eigenvalue weighted by Gasteiger charge is -2.37. The average molecular weight is 530 g/mol. The van der Waals surface area contributed by atoms with E-state index in [-0.39, 0.29) is 36.0 Å². The SMILES string of the molecule is CCC(=O)C1CC(NC(=O)c2ccc3[nH]nc(-c4ccnc(C)c4)c3c2)CN(Cc2c(F)cccc2OC)C1. The van der Waals surface area contributed by atoms with Crippen LogP contribution in [-0.4, -0.2) is 58.0 Å². The van der Waals surface area contributed by atoms with E-state index < -0.39 is 0 Å². The largest absolute Gasteiger partial charge is 0.496 e. The molecule has 5 rings (SSSR count). The minimum atomic E-state index is -0.354. The number of ketones is 1. The van der Waals surface area contributed by atoms with Crippen LogP contribution in [0, 0.1) is 18.7 Å². The number of aromatic amines is 1. The van der Waals surface area contributed by atoms with Gasteiger partial charge in [-0.1, -0.05) is 13.0 Å². The van der Waals surface area contributed by atoms with E-state index in [0.717, 1.165) is 27.9 Å². The fourth-order valence-electron chi connectivity index (χ4n) is 5.39. The third-order valence-electron chi connectivity index (χ3n) is 7.34. The molecular formula is C30H32FN5O3. The summed E-state index contributed by atoms with van der Waals surface area (Å²) in [6.45, 7) is 5.05. The molecule has 0 spiro atoms. The number of Topliss-reactive ketones (excluding diaryl/α,β-unsaturated/α-hetero) is 1. The number of methoxy groups -OCH3 is 1. The molecule has 1 aliphatic rings. The number of rotatable bonds is 8. The second-order valence-corrected chi connectivity index (χ2v) is 10.1. The molecule has 2 N–H and O–H groups in total. The van der Waals surface area contributed by atoms with Crippen LogP contribution in [0.5, 0.6) is 5.75 Å². The van der Waals surface area contributed by atoms with Crippen molar-refractivity contribution in [1.82, 2.24) is 25.4 Å². The predicted molar refractivity (Wildman–Crippen MR) is 147 cm³/mol. The molecule has 1 saturated heterocycles. The van der Waals surface area contributed by atoms with Crippen LogP contribution in [-0.2, 0) is 11.3 Å². The first-order valence-electron chi connectivity index (χ1n) is 13.1. The molecule has 3 heterocycles. The Bertz CT molecular complexity index is 1520. The van der Waals surface area contributed by atoms with Crippen molar-refractivity contribution in [2.75, 3.05) is 20.2 Å². The van der Waals surface area contributed by atoms with Gasteiger partial charge in [0.15, 0.2) is 0 Å². The second-order valence-electron chi connectivity index (χ2n) is 10.1. The number of carbonyl (C=O) groups excluding carboxylic acids is 2. The normalized spacial score (nSPS) is 17.7. The van der Waals surface area contributed by atoms with Crippen molar-refractivity contribution in [3.05, 3.63) is 77.4 Å². The Balaban J connectivity index is 1.37. The molecule has 8 nitrogen and oxygen atoms in total. The van der Waals surface area contributed by atoms with Gasteiger partial charge >= 0.3 is 0 Å². The smallest absolute Gasteiger partial charge is 0.251 e. The van der Waals surface area contributed by atoms with Gasteiger partial charge in [0, 0.05) is 72.0 Å². The molecule has 2 unspecified atom stereocenters. The minimum absolute atomic E-state index is 0.136. The molecule has 1 fully saturated rings. The summed E-state index contributed by atoms with van der Waals surface area (Å²) in [7, 11) is 1.51. The molecule has 1 amide bonds. The number of hydrogen-bond donors (Lipinski definition) is 2. The number of benzene rings is 2. The van der Waals surface area contributed by atoms with Crippen molar-refractivity contribution in [1.29, 1.82) is 0 Å². The molecule has 2 atom stereocenters. The summed E-state index contributed by atoms with van der Waals surface area (Å²) in [5, 5.41) is 11.5. The number of nitrogens with one attached hydrogen (secondary N) is 2. The van der Waals surface area contributed by atoms with Crippen LogP contribution in [0.3, 0.4) is 0 Å². The Kier molecular flexibility index (Phi) is 7.70. The topological polar surface area (TPSA) is 100 Å². The Hall–Kier alpha value is -4.11. The Labute approximate surface area is 226 Å². The lowest BCUT2D eigenvalue weighted by atomic mass is 9.89. The van der Waals surface area contributed by atoms with Crippen LogP contribution >= 0.6 is 0 Å². The Morgan fingerprint density at radius 1 is 1.18 bits per heavy atom. The van der Waals surface area contributed by atoms with E-state index in [4.69, 9.17) is 4.74 Å². The maximum absolute atomic E-state index is 14.7. The summed E-state index contributed by atoms with van der Waals surface area (Å²) >= 11 is 0. The summed E-state index contributed by atoms with van der Waals surface area (Å²) in [6, 6.07) is 13.7. The van der Waals surface area contributed by atoms with Crippen molar-refractivity contribution < 1.29 is 18.7 Å². The van der Waals surface area contributed by atoms with E-state index in [1.807, 2.05) is 43.0 Å². The van der Waals surface area contributed by atoms with Crippen molar-refractivity contribution in [2.45, 2.75) is 39.3 Å². The summed E-state index contributed by atoms with van der Waals surface area (Å²) in [5.41, 5.74) is 4.32. The zero-order valence-electron chi connectivity index (χ0n) is 22.3. The van der Waals surface area contributed by atoms with Gasteiger partial charge in [0.05, 0.1) is 12.6 Å². The van der Waals surface area contributed by atoms with Crippen LogP contribution < -0.4 is 10.1 Å². The van der Waals surface area contributed by atoms with Gasteiger partial charge in [-0.25, -0.2) is 4.39 Å². The lowest BCUT2D eigenvalue weighted by molar-refractivity contribution is -0.124. The van der Waals surface area contributed by atoms with Gasteiger partial charge in [-0.15, -0.1) is 0 Å². The van der Waals surface area contributed by atoms with Crippen molar-refractivity contribution in [3.8, 4) is 17.0 Å². The van der Waals surface area contributed by atoms with Gasteiger partial charge < -0.3 is 10.1 Å². The van der Waals surface area contributed by atoms with Gasteiger partial charge in [-0.3, -0.25) is 24.6 Å². The average Bonchev–Trinajstić information content (AvgIpc) is 3.37.